The molecule has 3 fully saturated rings. The molecule has 0 unspecified atom stereocenters. The number of carbonyl (C=O) groups excluding carboxylic acids is 1. The van der Waals surface area contributed by atoms with Crippen LogP contribution in [0.15, 0.2) is 29.2 Å². The lowest BCUT2D eigenvalue weighted by atomic mass is 9.77. The van der Waals surface area contributed by atoms with Gasteiger partial charge in [-0.05, 0) is 42.9 Å². The summed E-state index contributed by atoms with van der Waals surface area (Å²) in [5.74, 6) is -0.453. The number of nitrogens with zero attached hydrogens (tertiary/aromatic N) is 2. The van der Waals surface area contributed by atoms with Crippen LogP contribution >= 0.6 is 0 Å². The molecular weight excluding hydrogens is 345 g/mol. The molecule has 1 aromatic carbocycles. The Balaban J connectivity index is 1.48. The van der Waals surface area contributed by atoms with E-state index >= 15 is 0 Å². The van der Waals surface area contributed by atoms with Gasteiger partial charge in [0.05, 0.1) is 10.9 Å². The number of hydrogen-bond donors (Lipinski definition) is 1. The summed E-state index contributed by atoms with van der Waals surface area (Å²) in [7, 11) is -3.67. The molecule has 0 radical (unpaired) electrons. The van der Waals surface area contributed by atoms with Gasteiger partial charge >= 0.3 is 0 Å². The molecule has 4 rings (SSSR count). The molecule has 3 heterocycles. The van der Waals surface area contributed by atoms with Crippen molar-refractivity contribution in [1.29, 1.82) is 0 Å². The van der Waals surface area contributed by atoms with Gasteiger partial charge < -0.3 is 5.32 Å². The Hall–Kier alpha value is -1.51. The van der Waals surface area contributed by atoms with Gasteiger partial charge in [0.15, 0.2) is 0 Å². The molecule has 6 nitrogen and oxygen atoms in total. The maximum Gasteiger partial charge on any atom is 0.243 e. The Kier molecular flexibility index (Phi) is 4.09. The molecule has 1 atom stereocenters. The topological polar surface area (TPSA) is 69.7 Å². The van der Waals surface area contributed by atoms with Gasteiger partial charge in [0, 0.05) is 32.7 Å². The smallest absolute Gasteiger partial charge is 0.243 e. The predicted octanol–water partition coefficient (Wildman–Crippen LogP) is 0.801. The fourth-order valence-corrected chi connectivity index (χ4v) is 5.89. The van der Waals surface area contributed by atoms with Crippen molar-refractivity contribution < 1.29 is 17.6 Å². The molecule has 1 N–H and O–H groups in total. The monoisotopic (exact) mass is 367 g/mol. The van der Waals surface area contributed by atoms with Crippen LogP contribution in [0.4, 0.5) is 4.39 Å². The zero-order valence-corrected chi connectivity index (χ0v) is 14.8. The normalized spacial score (nSPS) is 27.2. The SMILES string of the molecule is O=C1NCCN2CC3(CCN(S(=O)(=O)c4cccc(F)c4)CC3)C[C@@H]12. The average Bonchev–Trinajstić information content (AvgIpc) is 2.94. The third-order valence-electron chi connectivity index (χ3n) is 5.82. The first-order valence-electron chi connectivity index (χ1n) is 8.67. The molecule has 136 valence electrons. The Morgan fingerprint density at radius 2 is 1.96 bits per heavy atom. The maximum atomic E-state index is 13.4. The summed E-state index contributed by atoms with van der Waals surface area (Å²) in [4.78, 5) is 14.3. The number of halogens is 1. The number of sulfonamides is 1. The van der Waals surface area contributed by atoms with E-state index in [9.17, 15) is 17.6 Å². The highest BCUT2D eigenvalue weighted by Crippen LogP contribution is 2.44. The lowest BCUT2D eigenvalue weighted by molar-refractivity contribution is -0.127. The van der Waals surface area contributed by atoms with Crippen LogP contribution in [0.3, 0.4) is 0 Å². The number of piperidine rings is 1. The minimum absolute atomic E-state index is 0.00618. The van der Waals surface area contributed by atoms with Crippen LogP contribution in [-0.4, -0.2) is 62.3 Å². The molecule has 3 saturated heterocycles. The minimum Gasteiger partial charge on any atom is -0.353 e. The van der Waals surface area contributed by atoms with Gasteiger partial charge in [-0.3, -0.25) is 9.69 Å². The van der Waals surface area contributed by atoms with Crippen molar-refractivity contribution in [2.24, 2.45) is 5.41 Å². The largest absolute Gasteiger partial charge is 0.353 e. The Labute approximate surface area is 147 Å². The van der Waals surface area contributed by atoms with E-state index in [2.05, 4.69) is 10.2 Å². The van der Waals surface area contributed by atoms with Crippen molar-refractivity contribution in [3.63, 3.8) is 0 Å². The highest BCUT2D eigenvalue weighted by atomic mass is 32.2. The standard InChI is InChI=1S/C17H22FN3O3S/c18-13-2-1-3-14(10-13)25(23,24)21-7-4-17(5-8-21)11-15-16(22)19-6-9-20(15)12-17/h1-3,10,15H,4-9,11-12H2,(H,19,22)/t15-/m0/s1. The van der Waals surface area contributed by atoms with E-state index in [1.165, 1.54) is 22.5 Å². The summed E-state index contributed by atoms with van der Waals surface area (Å²) in [6.45, 7) is 3.25. The third-order valence-corrected chi connectivity index (χ3v) is 7.72. The second-order valence-corrected chi connectivity index (χ2v) is 9.28. The minimum atomic E-state index is -3.67. The first-order chi connectivity index (χ1) is 11.9. The molecule has 1 amide bonds. The second-order valence-electron chi connectivity index (χ2n) is 7.34. The summed E-state index contributed by atoms with van der Waals surface area (Å²) in [6.07, 6.45) is 2.27. The number of fused-ring (bicyclic) bond motifs is 1. The molecular formula is C17H22FN3O3S. The van der Waals surface area contributed by atoms with Gasteiger partial charge in [0.1, 0.15) is 5.82 Å². The first-order valence-corrected chi connectivity index (χ1v) is 10.1. The fourth-order valence-electron chi connectivity index (χ4n) is 4.42. The molecule has 0 aromatic heterocycles. The fraction of sp³-hybridized carbons (Fsp3) is 0.588. The molecule has 1 aromatic rings. The number of hydrogen-bond acceptors (Lipinski definition) is 4. The number of benzene rings is 1. The van der Waals surface area contributed by atoms with Crippen LogP contribution in [0.2, 0.25) is 0 Å². The Bertz CT molecular complexity index is 790. The van der Waals surface area contributed by atoms with Crippen LogP contribution < -0.4 is 5.32 Å². The Morgan fingerprint density at radius 1 is 1.20 bits per heavy atom. The van der Waals surface area contributed by atoms with Crippen LogP contribution in [0.5, 0.6) is 0 Å². The van der Waals surface area contributed by atoms with Crippen LogP contribution in [0, 0.1) is 11.2 Å². The Morgan fingerprint density at radius 3 is 2.64 bits per heavy atom. The molecule has 0 saturated carbocycles. The van der Waals surface area contributed by atoms with Crippen molar-refractivity contribution in [2.45, 2.75) is 30.2 Å². The molecule has 1 spiro atoms. The van der Waals surface area contributed by atoms with Gasteiger partial charge in [0.25, 0.3) is 0 Å². The van der Waals surface area contributed by atoms with Gasteiger partial charge in [-0.15, -0.1) is 0 Å². The van der Waals surface area contributed by atoms with Crippen LogP contribution in [0.1, 0.15) is 19.3 Å². The van der Waals surface area contributed by atoms with Gasteiger partial charge in [-0.2, -0.15) is 4.31 Å². The summed E-state index contributed by atoms with van der Waals surface area (Å²) >= 11 is 0. The lowest BCUT2D eigenvalue weighted by Gasteiger charge is -2.38. The van der Waals surface area contributed by atoms with Gasteiger partial charge in [0.2, 0.25) is 15.9 Å². The summed E-state index contributed by atoms with van der Waals surface area (Å²) in [5, 5.41) is 2.91. The van der Waals surface area contributed by atoms with Crippen LogP contribution in [-0.2, 0) is 14.8 Å². The molecule has 8 heteroatoms. The molecule has 25 heavy (non-hydrogen) atoms. The molecule has 0 aliphatic carbocycles. The molecule has 3 aliphatic rings. The van der Waals surface area contributed by atoms with Crippen molar-refractivity contribution >= 4 is 15.9 Å². The summed E-state index contributed by atoms with van der Waals surface area (Å²) < 4.78 is 40.3. The van der Waals surface area contributed by atoms with Crippen molar-refractivity contribution in [2.75, 3.05) is 32.7 Å². The highest BCUT2D eigenvalue weighted by molar-refractivity contribution is 7.89. The van der Waals surface area contributed by atoms with E-state index in [0.29, 0.717) is 19.6 Å². The van der Waals surface area contributed by atoms with E-state index < -0.39 is 15.8 Å². The van der Waals surface area contributed by atoms with Crippen molar-refractivity contribution in [3.8, 4) is 0 Å². The van der Waals surface area contributed by atoms with Gasteiger partial charge in [-0.25, -0.2) is 12.8 Å². The predicted molar refractivity (Wildman–Crippen MR) is 89.8 cm³/mol. The van der Waals surface area contributed by atoms with E-state index in [0.717, 1.165) is 38.4 Å². The van der Waals surface area contributed by atoms with Gasteiger partial charge in [-0.1, -0.05) is 6.07 Å². The lowest BCUT2D eigenvalue weighted by Crippen LogP contribution is -2.52. The summed E-state index contributed by atoms with van der Waals surface area (Å²) in [6, 6.07) is 5.09. The zero-order chi connectivity index (χ0) is 17.7. The van der Waals surface area contributed by atoms with E-state index in [1.807, 2.05) is 0 Å². The van der Waals surface area contributed by atoms with Crippen molar-refractivity contribution in [1.82, 2.24) is 14.5 Å². The van der Waals surface area contributed by atoms with E-state index in [4.69, 9.17) is 0 Å². The maximum absolute atomic E-state index is 13.4. The quantitative estimate of drug-likeness (QED) is 0.840. The van der Waals surface area contributed by atoms with Crippen molar-refractivity contribution in [3.05, 3.63) is 30.1 Å². The highest BCUT2D eigenvalue weighted by Gasteiger charge is 2.49. The average molecular weight is 367 g/mol. The number of rotatable bonds is 2. The zero-order valence-electron chi connectivity index (χ0n) is 13.9. The third kappa shape index (κ3) is 2.96. The second kappa shape index (κ2) is 6.03. The number of carbonyl (C=O) groups is 1. The molecule has 0 bridgehead atoms. The van der Waals surface area contributed by atoms with Crippen LogP contribution in [0.25, 0.3) is 0 Å². The van der Waals surface area contributed by atoms with E-state index in [1.54, 1.807) is 0 Å². The number of piperazine rings is 1. The number of nitrogens with one attached hydrogen (secondary N) is 1. The molecule has 3 aliphatic heterocycles. The number of amides is 1. The van der Waals surface area contributed by atoms with E-state index in [-0.39, 0.29) is 22.3 Å². The summed E-state index contributed by atoms with van der Waals surface area (Å²) in [5.41, 5.74) is 0.0142. The first kappa shape index (κ1) is 16.9.